The van der Waals surface area contributed by atoms with Gasteiger partial charge < -0.3 is 29.2 Å². The first-order chi connectivity index (χ1) is 21.1. The lowest BCUT2D eigenvalue weighted by Crippen LogP contribution is -2.49. The van der Waals surface area contributed by atoms with E-state index in [1.54, 1.807) is 28.4 Å². The smallest absolute Gasteiger partial charge is 0.410 e. The number of thiazole rings is 1. The van der Waals surface area contributed by atoms with Crippen LogP contribution < -0.4 is 19.5 Å². The van der Waals surface area contributed by atoms with Gasteiger partial charge in [-0.15, -0.1) is 11.3 Å². The van der Waals surface area contributed by atoms with Gasteiger partial charge in [-0.25, -0.2) is 9.78 Å². The van der Waals surface area contributed by atoms with E-state index in [1.165, 1.54) is 21.3 Å². The molecule has 1 aliphatic heterocycles. The van der Waals surface area contributed by atoms with E-state index < -0.39 is 5.60 Å². The van der Waals surface area contributed by atoms with Gasteiger partial charge in [0.2, 0.25) is 5.75 Å². The van der Waals surface area contributed by atoms with Crippen LogP contribution in [-0.4, -0.2) is 79.9 Å². The zero-order chi connectivity index (χ0) is 31.4. The Morgan fingerprint density at radius 3 is 2.23 bits per heavy atom. The van der Waals surface area contributed by atoms with Gasteiger partial charge in [-0.2, -0.15) is 0 Å². The number of anilines is 1. The SMILES string of the molecule is COc1cc(C(=O)Nc2ccccc2-c2nc3c(CN4CCN(C(=O)OC(C)(C)C)CC4)cccc3s2)cc(OC)c1OC. The number of para-hydroxylation sites is 2. The Morgan fingerprint density at radius 2 is 1.59 bits per heavy atom. The van der Waals surface area contributed by atoms with Crippen LogP contribution in [0.5, 0.6) is 17.2 Å². The Labute approximate surface area is 261 Å². The molecule has 10 nitrogen and oxygen atoms in total. The number of carbonyl (C=O) groups excluding carboxylic acids is 2. The number of methoxy groups -OCH3 is 3. The first kappa shape index (κ1) is 31.1. The van der Waals surface area contributed by atoms with E-state index in [1.807, 2.05) is 45.0 Å². The number of amides is 2. The third-order valence-corrected chi connectivity index (χ3v) is 8.31. The van der Waals surface area contributed by atoms with Crippen LogP contribution in [0.3, 0.4) is 0 Å². The van der Waals surface area contributed by atoms with Crippen molar-refractivity contribution in [2.24, 2.45) is 0 Å². The van der Waals surface area contributed by atoms with Gasteiger partial charge in [0.05, 0.1) is 37.2 Å². The van der Waals surface area contributed by atoms with Crippen LogP contribution in [0.2, 0.25) is 0 Å². The van der Waals surface area contributed by atoms with Crippen molar-refractivity contribution in [3.8, 4) is 27.8 Å². The van der Waals surface area contributed by atoms with E-state index in [4.69, 9.17) is 23.9 Å². The van der Waals surface area contributed by atoms with Crippen LogP contribution in [0.25, 0.3) is 20.8 Å². The number of nitrogens with one attached hydrogen (secondary N) is 1. The maximum Gasteiger partial charge on any atom is 0.410 e. The molecule has 1 N–H and O–H groups in total. The van der Waals surface area contributed by atoms with Crippen LogP contribution in [0.1, 0.15) is 36.7 Å². The van der Waals surface area contributed by atoms with Crippen molar-refractivity contribution in [2.75, 3.05) is 52.8 Å². The van der Waals surface area contributed by atoms with Crippen molar-refractivity contribution in [2.45, 2.75) is 32.9 Å². The highest BCUT2D eigenvalue weighted by Crippen LogP contribution is 2.39. The van der Waals surface area contributed by atoms with Crippen LogP contribution in [0.4, 0.5) is 10.5 Å². The highest BCUT2D eigenvalue weighted by molar-refractivity contribution is 7.21. The zero-order valence-corrected chi connectivity index (χ0v) is 26.7. The molecule has 2 heterocycles. The lowest BCUT2D eigenvalue weighted by molar-refractivity contribution is 0.0139. The van der Waals surface area contributed by atoms with Gasteiger partial charge in [-0.05, 0) is 56.7 Å². The molecule has 1 aromatic heterocycles. The van der Waals surface area contributed by atoms with E-state index in [2.05, 4.69) is 28.4 Å². The first-order valence-corrected chi connectivity index (χ1v) is 15.2. The number of fused-ring (bicyclic) bond motifs is 1. The Morgan fingerprint density at radius 1 is 0.909 bits per heavy atom. The summed E-state index contributed by atoms with van der Waals surface area (Å²) in [6.07, 6.45) is -0.264. The summed E-state index contributed by atoms with van der Waals surface area (Å²) >= 11 is 1.58. The number of rotatable bonds is 8. The third kappa shape index (κ3) is 6.89. The van der Waals surface area contributed by atoms with E-state index in [0.29, 0.717) is 41.6 Å². The minimum atomic E-state index is -0.510. The Balaban J connectivity index is 1.34. The van der Waals surface area contributed by atoms with Gasteiger partial charge in [0, 0.05) is 43.9 Å². The predicted molar refractivity (Wildman–Crippen MR) is 172 cm³/mol. The highest BCUT2D eigenvalue weighted by atomic mass is 32.1. The quantitative estimate of drug-likeness (QED) is 0.246. The van der Waals surface area contributed by atoms with Gasteiger partial charge in [-0.1, -0.05) is 24.3 Å². The number of piperazine rings is 1. The second-order valence-corrected chi connectivity index (χ2v) is 12.5. The summed E-state index contributed by atoms with van der Waals surface area (Å²) in [6, 6.07) is 17.1. The van der Waals surface area contributed by atoms with E-state index in [0.717, 1.165) is 46.0 Å². The van der Waals surface area contributed by atoms with E-state index >= 15 is 0 Å². The summed E-state index contributed by atoms with van der Waals surface area (Å²) in [5.74, 6) is 0.900. The number of hydrogen-bond donors (Lipinski definition) is 1. The molecule has 5 rings (SSSR count). The molecule has 2 amide bonds. The maximum absolute atomic E-state index is 13.4. The van der Waals surface area contributed by atoms with Crippen molar-refractivity contribution < 1.29 is 28.5 Å². The number of aromatic nitrogens is 1. The molecule has 232 valence electrons. The Kier molecular flexibility index (Phi) is 9.26. The fraction of sp³-hybridized carbons (Fsp3) is 0.364. The molecule has 1 fully saturated rings. The van der Waals surface area contributed by atoms with Crippen LogP contribution in [0, 0.1) is 0 Å². The summed E-state index contributed by atoms with van der Waals surface area (Å²) in [7, 11) is 4.55. The summed E-state index contributed by atoms with van der Waals surface area (Å²) in [4.78, 5) is 35.0. The van der Waals surface area contributed by atoms with Crippen molar-refractivity contribution >= 4 is 39.2 Å². The third-order valence-electron chi connectivity index (χ3n) is 7.25. The minimum Gasteiger partial charge on any atom is -0.493 e. The number of hydrogen-bond acceptors (Lipinski definition) is 9. The van der Waals surface area contributed by atoms with Gasteiger partial charge in [0.15, 0.2) is 11.5 Å². The average molecular weight is 619 g/mol. The first-order valence-electron chi connectivity index (χ1n) is 14.4. The van der Waals surface area contributed by atoms with Crippen LogP contribution in [-0.2, 0) is 11.3 Å². The number of carbonyl (C=O) groups is 2. The molecular formula is C33H38N4O6S. The molecule has 0 unspecified atom stereocenters. The second-order valence-electron chi connectivity index (χ2n) is 11.4. The number of benzene rings is 3. The number of nitrogens with zero attached hydrogens (tertiary/aromatic N) is 3. The summed E-state index contributed by atoms with van der Waals surface area (Å²) < 4.78 is 22.8. The van der Waals surface area contributed by atoms with Crippen molar-refractivity contribution in [1.29, 1.82) is 0 Å². The van der Waals surface area contributed by atoms with E-state index in [9.17, 15) is 9.59 Å². The monoisotopic (exact) mass is 618 g/mol. The molecule has 0 bridgehead atoms. The van der Waals surface area contributed by atoms with Crippen LogP contribution in [0.15, 0.2) is 54.6 Å². The lowest BCUT2D eigenvalue weighted by Gasteiger charge is -2.35. The van der Waals surface area contributed by atoms with Gasteiger partial charge in [0.1, 0.15) is 10.6 Å². The summed E-state index contributed by atoms with van der Waals surface area (Å²) in [5, 5.41) is 3.85. The fourth-order valence-corrected chi connectivity index (χ4v) is 6.14. The van der Waals surface area contributed by atoms with Gasteiger partial charge >= 0.3 is 6.09 Å². The Hall–Kier alpha value is -4.35. The Bertz CT molecular complexity index is 1630. The molecule has 3 aromatic carbocycles. The largest absolute Gasteiger partial charge is 0.493 e. The predicted octanol–water partition coefficient (Wildman–Crippen LogP) is 6.29. The van der Waals surface area contributed by atoms with Gasteiger partial charge in [-0.3, -0.25) is 9.69 Å². The van der Waals surface area contributed by atoms with Crippen molar-refractivity contribution in [3.05, 3.63) is 65.7 Å². The molecule has 1 aliphatic rings. The highest BCUT2D eigenvalue weighted by Gasteiger charge is 2.26. The second kappa shape index (κ2) is 13.1. The molecule has 0 aliphatic carbocycles. The summed E-state index contributed by atoms with van der Waals surface area (Å²) in [6.45, 7) is 9.11. The average Bonchev–Trinajstić information content (AvgIpc) is 3.45. The molecule has 0 atom stereocenters. The summed E-state index contributed by atoms with van der Waals surface area (Å²) in [5.41, 5.74) is 3.39. The van der Waals surface area contributed by atoms with Crippen molar-refractivity contribution in [3.63, 3.8) is 0 Å². The lowest BCUT2D eigenvalue weighted by atomic mass is 10.1. The molecule has 4 aromatic rings. The zero-order valence-electron chi connectivity index (χ0n) is 25.9. The fourth-order valence-electron chi connectivity index (χ4n) is 5.09. The molecule has 0 spiro atoms. The molecule has 0 saturated carbocycles. The van der Waals surface area contributed by atoms with Crippen LogP contribution >= 0.6 is 11.3 Å². The maximum atomic E-state index is 13.4. The van der Waals surface area contributed by atoms with E-state index in [-0.39, 0.29) is 12.0 Å². The molecule has 44 heavy (non-hydrogen) atoms. The minimum absolute atomic E-state index is 0.264. The normalized spacial score (nSPS) is 13.9. The van der Waals surface area contributed by atoms with Gasteiger partial charge in [0.25, 0.3) is 5.91 Å². The topological polar surface area (TPSA) is 102 Å². The molecular weight excluding hydrogens is 580 g/mol. The number of ether oxygens (including phenoxy) is 4. The molecule has 0 radical (unpaired) electrons. The molecule has 11 heteroatoms. The van der Waals surface area contributed by atoms with Crippen molar-refractivity contribution in [1.82, 2.24) is 14.8 Å². The standard InChI is InChI=1S/C33H38N4O6S/c1-33(2,3)43-32(39)37-16-14-36(15-17-37)20-21-10-9-13-27-28(21)35-31(44-27)23-11-7-8-12-24(23)34-30(38)22-18-25(40-4)29(42-6)26(19-22)41-5/h7-13,18-19H,14-17,20H2,1-6H3,(H,34,38). The molecule has 1 saturated heterocycles.